The van der Waals surface area contributed by atoms with Gasteiger partial charge >= 0.3 is 0 Å². The highest BCUT2D eigenvalue weighted by Gasteiger charge is 2.36. The molecule has 1 heterocycles. The van der Waals surface area contributed by atoms with Crippen LogP contribution in [0.1, 0.15) is 16.7 Å². The SMILES string of the molecule is C=CCOc1cccc(/C=C2/SC(=O)N(CC(=O)Nc3cc(C)cc(C)c3)C2=O)c1. The average Bonchev–Trinajstić information content (AvgIpc) is 2.93. The Morgan fingerprint density at radius 1 is 1.17 bits per heavy atom. The van der Waals surface area contributed by atoms with Gasteiger partial charge in [0.25, 0.3) is 11.1 Å². The Hall–Kier alpha value is -3.32. The van der Waals surface area contributed by atoms with Crippen LogP contribution >= 0.6 is 11.8 Å². The van der Waals surface area contributed by atoms with Gasteiger partial charge in [0.05, 0.1) is 4.91 Å². The number of carbonyl (C=O) groups excluding carboxylic acids is 3. The molecule has 1 aliphatic heterocycles. The Kier molecular flexibility index (Phi) is 6.74. The van der Waals surface area contributed by atoms with Crippen molar-refractivity contribution >= 4 is 40.6 Å². The maximum absolute atomic E-state index is 12.7. The minimum Gasteiger partial charge on any atom is -0.490 e. The Balaban J connectivity index is 1.69. The Labute approximate surface area is 179 Å². The van der Waals surface area contributed by atoms with E-state index in [9.17, 15) is 14.4 Å². The van der Waals surface area contributed by atoms with Gasteiger partial charge in [0.15, 0.2) is 0 Å². The standard InChI is InChI=1S/C23H22N2O4S/c1-4-8-29-19-7-5-6-17(12-19)13-20-22(27)25(23(28)30-20)14-21(26)24-18-10-15(2)9-16(3)11-18/h4-7,9-13H,1,8,14H2,2-3H3,(H,24,26)/b20-13+. The summed E-state index contributed by atoms with van der Waals surface area (Å²) in [6, 6.07) is 12.8. The highest BCUT2D eigenvalue weighted by molar-refractivity contribution is 8.18. The third-order valence-corrected chi connectivity index (χ3v) is 5.11. The van der Waals surface area contributed by atoms with E-state index in [2.05, 4.69) is 11.9 Å². The predicted octanol–water partition coefficient (Wildman–Crippen LogP) is 4.54. The van der Waals surface area contributed by atoms with Crippen molar-refractivity contribution in [3.63, 3.8) is 0 Å². The van der Waals surface area contributed by atoms with Crippen LogP contribution in [-0.4, -0.2) is 35.1 Å². The Bertz CT molecular complexity index is 1020. The molecule has 3 amide bonds. The van der Waals surface area contributed by atoms with Gasteiger partial charge in [-0.1, -0.05) is 30.9 Å². The van der Waals surface area contributed by atoms with E-state index in [1.807, 2.05) is 38.1 Å². The van der Waals surface area contributed by atoms with E-state index in [0.717, 1.165) is 33.4 Å². The molecule has 30 heavy (non-hydrogen) atoms. The van der Waals surface area contributed by atoms with Crippen LogP contribution in [-0.2, 0) is 9.59 Å². The smallest absolute Gasteiger partial charge is 0.294 e. The number of nitrogens with zero attached hydrogens (tertiary/aromatic N) is 1. The third-order valence-electron chi connectivity index (χ3n) is 4.20. The Morgan fingerprint density at radius 2 is 1.90 bits per heavy atom. The van der Waals surface area contributed by atoms with Crippen molar-refractivity contribution in [2.75, 3.05) is 18.5 Å². The molecule has 7 heteroatoms. The van der Waals surface area contributed by atoms with E-state index in [1.54, 1.807) is 30.4 Å². The number of amides is 3. The number of aryl methyl sites for hydroxylation is 2. The molecule has 1 saturated heterocycles. The lowest BCUT2D eigenvalue weighted by atomic mass is 10.1. The van der Waals surface area contributed by atoms with Crippen LogP contribution in [0.3, 0.4) is 0 Å². The maximum atomic E-state index is 12.7. The number of carbonyl (C=O) groups is 3. The molecule has 2 aromatic carbocycles. The molecule has 6 nitrogen and oxygen atoms in total. The van der Waals surface area contributed by atoms with E-state index < -0.39 is 17.1 Å². The molecule has 0 spiro atoms. The first-order valence-corrected chi connectivity index (χ1v) is 10.1. The summed E-state index contributed by atoms with van der Waals surface area (Å²) in [6.45, 7) is 7.50. The number of hydrogen-bond acceptors (Lipinski definition) is 5. The molecule has 0 aromatic heterocycles. The lowest BCUT2D eigenvalue weighted by Crippen LogP contribution is -2.36. The molecule has 2 aromatic rings. The van der Waals surface area contributed by atoms with Gasteiger partial charge in [-0.05, 0) is 72.6 Å². The second-order valence-electron chi connectivity index (χ2n) is 6.86. The molecule has 0 unspecified atom stereocenters. The average molecular weight is 423 g/mol. The number of ether oxygens (including phenoxy) is 1. The van der Waals surface area contributed by atoms with E-state index in [-0.39, 0.29) is 11.4 Å². The number of thioether (sulfide) groups is 1. The lowest BCUT2D eigenvalue weighted by molar-refractivity contribution is -0.127. The number of hydrogen-bond donors (Lipinski definition) is 1. The van der Waals surface area contributed by atoms with Crippen LogP contribution in [0.2, 0.25) is 0 Å². The van der Waals surface area contributed by atoms with Crippen molar-refractivity contribution in [3.05, 3.63) is 76.7 Å². The topological polar surface area (TPSA) is 75.7 Å². The molecule has 1 fully saturated rings. The normalized spacial score (nSPS) is 14.9. The van der Waals surface area contributed by atoms with Crippen molar-refractivity contribution in [1.29, 1.82) is 0 Å². The molecular weight excluding hydrogens is 400 g/mol. The van der Waals surface area contributed by atoms with E-state index >= 15 is 0 Å². The van der Waals surface area contributed by atoms with Gasteiger partial charge in [0, 0.05) is 5.69 Å². The zero-order chi connectivity index (χ0) is 21.7. The van der Waals surface area contributed by atoms with Crippen molar-refractivity contribution in [2.24, 2.45) is 0 Å². The minimum atomic E-state index is -0.488. The number of nitrogens with one attached hydrogen (secondary N) is 1. The largest absolute Gasteiger partial charge is 0.490 e. The van der Waals surface area contributed by atoms with E-state index in [4.69, 9.17) is 4.74 Å². The summed E-state index contributed by atoms with van der Waals surface area (Å²) >= 11 is 0.815. The van der Waals surface area contributed by atoms with E-state index in [1.165, 1.54) is 0 Å². The van der Waals surface area contributed by atoms with Crippen molar-refractivity contribution < 1.29 is 19.1 Å². The summed E-state index contributed by atoms with van der Waals surface area (Å²) in [7, 11) is 0. The molecule has 0 bridgehead atoms. The van der Waals surface area contributed by atoms with Crippen LogP contribution < -0.4 is 10.1 Å². The number of rotatable bonds is 7. The van der Waals surface area contributed by atoms with Crippen molar-refractivity contribution in [3.8, 4) is 5.75 Å². The number of anilines is 1. The second kappa shape index (κ2) is 9.45. The van der Waals surface area contributed by atoms with Crippen LogP contribution in [0.15, 0.2) is 60.0 Å². The third kappa shape index (κ3) is 5.39. The molecule has 0 aliphatic carbocycles. The van der Waals surface area contributed by atoms with Gasteiger partial charge in [-0.3, -0.25) is 19.3 Å². The molecule has 1 N–H and O–H groups in total. The van der Waals surface area contributed by atoms with Crippen LogP contribution in [0.5, 0.6) is 5.75 Å². The van der Waals surface area contributed by atoms with Crippen molar-refractivity contribution in [2.45, 2.75) is 13.8 Å². The molecule has 1 aliphatic rings. The first kappa shape index (κ1) is 21.4. The van der Waals surface area contributed by atoms with Crippen LogP contribution in [0, 0.1) is 13.8 Å². The summed E-state index contributed by atoms with van der Waals surface area (Å²) in [5, 5.41) is 2.27. The first-order valence-electron chi connectivity index (χ1n) is 9.33. The van der Waals surface area contributed by atoms with Gasteiger partial charge in [-0.15, -0.1) is 0 Å². The summed E-state index contributed by atoms with van der Waals surface area (Å²) in [6.07, 6.45) is 3.26. The van der Waals surface area contributed by atoms with Gasteiger partial charge in [-0.2, -0.15) is 0 Å². The highest BCUT2D eigenvalue weighted by atomic mass is 32.2. The molecular formula is C23H22N2O4S. The monoisotopic (exact) mass is 422 g/mol. The molecule has 0 saturated carbocycles. The minimum absolute atomic E-state index is 0.264. The zero-order valence-corrected chi connectivity index (χ0v) is 17.6. The highest BCUT2D eigenvalue weighted by Crippen LogP contribution is 2.32. The number of imide groups is 1. The van der Waals surface area contributed by atoms with Gasteiger partial charge in [-0.25, -0.2) is 0 Å². The second-order valence-corrected chi connectivity index (χ2v) is 7.86. The summed E-state index contributed by atoms with van der Waals surface area (Å²) in [4.78, 5) is 38.6. The fourth-order valence-corrected chi connectivity index (χ4v) is 3.87. The van der Waals surface area contributed by atoms with Crippen molar-refractivity contribution in [1.82, 2.24) is 4.90 Å². The van der Waals surface area contributed by atoms with Gasteiger partial charge in [0.2, 0.25) is 5.91 Å². The summed E-state index contributed by atoms with van der Waals surface area (Å²) < 4.78 is 5.49. The fraction of sp³-hybridized carbons (Fsp3) is 0.174. The molecule has 3 rings (SSSR count). The number of benzene rings is 2. The quantitative estimate of drug-likeness (QED) is 0.524. The summed E-state index contributed by atoms with van der Waals surface area (Å²) in [5.74, 6) is -0.280. The van der Waals surface area contributed by atoms with Gasteiger partial charge in [0.1, 0.15) is 18.9 Å². The molecule has 154 valence electrons. The Morgan fingerprint density at radius 3 is 2.60 bits per heavy atom. The van der Waals surface area contributed by atoms with Gasteiger partial charge < -0.3 is 10.1 Å². The van der Waals surface area contributed by atoms with Crippen LogP contribution in [0.4, 0.5) is 10.5 Å². The summed E-state index contributed by atoms with van der Waals surface area (Å²) in [5.41, 5.74) is 3.38. The first-order chi connectivity index (χ1) is 14.4. The lowest BCUT2D eigenvalue weighted by Gasteiger charge is -2.13. The fourth-order valence-electron chi connectivity index (χ4n) is 3.03. The maximum Gasteiger partial charge on any atom is 0.294 e. The molecule has 0 radical (unpaired) electrons. The van der Waals surface area contributed by atoms with E-state index in [0.29, 0.717) is 18.0 Å². The predicted molar refractivity (Wildman–Crippen MR) is 119 cm³/mol. The molecule has 0 atom stereocenters. The van der Waals surface area contributed by atoms with Crippen LogP contribution in [0.25, 0.3) is 6.08 Å². The zero-order valence-electron chi connectivity index (χ0n) is 16.8.